The topological polar surface area (TPSA) is 82.3 Å². The van der Waals surface area contributed by atoms with E-state index in [2.05, 4.69) is 55.6 Å². The zero-order valence-electron chi connectivity index (χ0n) is 16.5. The van der Waals surface area contributed by atoms with E-state index < -0.39 is 0 Å². The van der Waals surface area contributed by atoms with Crippen molar-refractivity contribution in [2.45, 2.75) is 31.7 Å². The van der Waals surface area contributed by atoms with Gasteiger partial charge in [-0.05, 0) is 37.1 Å². The molecule has 30 heavy (non-hydrogen) atoms. The van der Waals surface area contributed by atoms with Crippen LogP contribution in [0.25, 0.3) is 44.5 Å². The molecule has 1 aromatic carbocycles. The second-order valence-electron chi connectivity index (χ2n) is 7.98. The van der Waals surface area contributed by atoms with Crippen molar-refractivity contribution in [3.8, 4) is 22.5 Å². The number of para-hydroxylation sites is 1. The van der Waals surface area contributed by atoms with Crippen LogP contribution in [0.4, 0.5) is 5.95 Å². The molecule has 0 radical (unpaired) electrons. The van der Waals surface area contributed by atoms with Crippen molar-refractivity contribution >= 4 is 27.9 Å². The standard InChI is InChI=1S/C24H22N6/c1-4-8-20-15(5-1)12-22(29-20)16-11-18-19(14-27-23(18)26-13-16)21-9-10-25-24(30-21)28-17-6-2-3-7-17/h1,4-5,8-14,17,29H,2-3,6-7H2,(H,26,27)(H,25,28,30). The maximum atomic E-state index is 4.79. The minimum absolute atomic E-state index is 0.485. The number of benzene rings is 1. The molecule has 1 fully saturated rings. The lowest BCUT2D eigenvalue weighted by Gasteiger charge is -2.12. The van der Waals surface area contributed by atoms with Crippen molar-refractivity contribution in [3.63, 3.8) is 0 Å². The number of aromatic amines is 2. The van der Waals surface area contributed by atoms with Crippen LogP contribution in [0, 0.1) is 0 Å². The van der Waals surface area contributed by atoms with Crippen molar-refractivity contribution in [1.82, 2.24) is 24.9 Å². The molecule has 4 aromatic heterocycles. The van der Waals surface area contributed by atoms with Gasteiger partial charge in [-0.2, -0.15) is 0 Å². The predicted octanol–water partition coefficient (Wildman–Crippen LogP) is 5.52. The van der Waals surface area contributed by atoms with E-state index in [1.54, 1.807) is 0 Å². The summed E-state index contributed by atoms with van der Waals surface area (Å²) in [7, 11) is 0. The van der Waals surface area contributed by atoms with Gasteiger partial charge in [-0.25, -0.2) is 15.0 Å². The number of rotatable bonds is 4. The number of anilines is 1. The lowest BCUT2D eigenvalue weighted by atomic mass is 10.1. The molecule has 3 N–H and O–H groups in total. The molecule has 4 heterocycles. The van der Waals surface area contributed by atoms with Gasteiger partial charge >= 0.3 is 0 Å². The Labute approximate surface area is 173 Å². The van der Waals surface area contributed by atoms with Crippen molar-refractivity contribution in [2.24, 2.45) is 0 Å². The Morgan fingerprint density at radius 2 is 1.90 bits per heavy atom. The highest BCUT2D eigenvalue weighted by Gasteiger charge is 2.17. The molecule has 1 aliphatic rings. The summed E-state index contributed by atoms with van der Waals surface area (Å²) >= 11 is 0. The number of H-pyrrole nitrogens is 2. The van der Waals surface area contributed by atoms with Crippen LogP contribution in [-0.2, 0) is 0 Å². The van der Waals surface area contributed by atoms with Crippen LogP contribution in [0.5, 0.6) is 0 Å². The van der Waals surface area contributed by atoms with Crippen LogP contribution in [0.3, 0.4) is 0 Å². The number of fused-ring (bicyclic) bond motifs is 2. The fraction of sp³-hybridized carbons (Fsp3) is 0.208. The zero-order valence-corrected chi connectivity index (χ0v) is 16.5. The third-order valence-electron chi connectivity index (χ3n) is 5.99. The van der Waals surface area contributed by atoms with Crippen molar-refractivity contribution in [2.75, 3.05) is 5.32 Å². The Morgan fingerprint density at radius 1 is 1.00 bits per heavy atom. The summed E-state index contributed by atoms with van der Waals surface area (Å²) in [6.07, 6.45) is 10.7. The van der Waals surface area contributed by atoms with E-state index >= 15 is 0 Å². The van der Waals surface area contributed by atoms with E-state index in [4.69, 9.17) is 4.98 Å². The highest BCUT2D eigenvalue weighted by molar-refractivity contribution is 5.95. The van der Waals surface area contributed by atoms with Gasteiger partial charge in [0.15, 0.2) is 0 Å². The molecule has 0 aliphatic heterocycles. The number of hydrogen-bond donors (Lipinski definition) is 3. The molecule has 6 heteroatoms. The zero-order chi connectivity index (χ0) is 19.9. The van der Waals surface area contributed by atoms with E-state index in [-0.39, 0.29) is 0 Å². The number of aromatic nitrogens is 5. The third-order valence-corrected chi connectivity index (χ3v) is 5.99. The van der Waals surface area contributed by atoms with Crippen LogP contribution in [-0.4, -0.2) is 31.0 Å². The van der Waals surface area contributed by atoms with Gasteiger partial charge in [0, 0.05) is 57.7 Å². The van der Waals surface area contributed by atoms with Crippen LogP contribution >= 0.6 is 0 Å². The molecule has 1 aliphatic carbocycles. The molecule has 0 amide bonds. The Morgan fingerprint density at radius 3 is 2.80 bits per heavy atom. The fourth-order valence-corrected chi connectivity index (χ4v) is 4.42. The van der Waals surface area contributed by atoms with Gasteiger partial charge in [0.1, 0.15) is 5.65 Å². The first-order valence-electron chi connectivity index (χ1n) is 10.5. The molecule has 0 saturated heterocycles. The normalized spacial score (nSPS) is 14.7. The number of nitrogens with zero attached hydrogens (tertiary/aromatic N) is 3. The second-order valence-corrected chi connectivity index (χ2v) is 7.98. The molecular formula is C24H22N6. The average molecular weight is 394 g/mol. The molecule has 0 spiro atoms. The van der Waals surface area contributed by atoms with Crippen LogP contribution in [0.15, 0.2) is 61.1 Å². The maximum Gasteiger partial charge on any atom is 0.223 e. The fourth-order valence-electron chi connectivity index (χ4n) is 4.42. The molecule has 148 valence electrons. The van der Waals surface area contributed by atoms with Gasteiger partial charge < -0.3 is 15.3 Å². The van der Waals surface area contributed by atoms with E-state index in [1.807, 2.05) is 30.7 Å². The predicted molar refractivity (Wildman–Crippen MR) is 120 cm³/mol. The van der Waals surface area contributed by atoms with E-state index in [0.29, 0.717) is 12.0 Å². The Balaban J connectivity index is 1.39. The number of nitrogens with one attached hydrogen (secondary N) is 3. The first kappa shape index (κ1) is 17.2. The smallest absolute Gasteiger partial charge is 0.223 e. The summed E-state index contributed by atoms with van der Waals surface area (Å²) in [5.41, 5.74) is 6.02. The molecule has 1 saturated carbocycles. The summed E-state index contributed by atoms with van der Waals surface area (Å²) in [6.45, 7) is 0. The Hall–Kier alpha value is -3.67. The largest absolute Gasteiger partial charge is 0.354 e. The van der Waals surface area contributed by atoms with Crippen LogP contribution in [0.1, 0.15) is 25.7 Å². The molecule has 0 atom stereocenters. The lowest BCUT2D eigenvalue weighted by molar-refractivity contribution is 0.744. The van der Waals surface area contributed by atoms with Gasteiger partial charge in [0.2, 0.25) is 5.95 Å². The monoisotopic (exact) mass is 394 g/mol. The minimum atomic E-state index is 0.485. The van der Waals surface area contributed by atoms with Crippen molar-refractivity contribution in [1.29, 1.82) is 0 Å². The van der Waals surface area contributed by atoms with E-state index in [1.165, 1.54) is 31.1 Å². The third kappa shape index (κ3) is 3.01. The summed E-state index contributed by atoms with van der Waals surface area (Å²) in [6, 6.07) is 15.1. The van der Waals surface area contributed by atoms with E-state index in [9.17, 15) is 0 Å². The molecular weight excluding hydrogens is 372 g/mol. The number of pyridine rings is 1. The summed E-state index contributed by atoms with van der Waals surface area (Å²) in [4.78, 5) is 20.6. The number of hydrogen-bond acceptors (Lipinski definition) is 4. The first-order valence-corrected chi connectivity index (χ1v) is 10.5. The molecule has 6 rings (SSSR count). The van der Waals surface area contributed by atoms with Gasteiger partial charge in [0.25, 0.3) is 0 Å². The van der Waals surface area contributed by atoms with Gasteiger partial charge in [-0.3, -0.25) is 0 Å². The quantitative estimate of drug-likeness (QED) is 0.375. The van der Waals surface area contributed by atoms with Crippen molar-refractivity contribution < 1.29 is 0 Å². The molecule has 0 bridgehead atoms. The highest BCUT2D eigenvalue weighted by atomic mass is 15.1. The molecule has 0 unspecified atom stereocenters. The SMILES string of the molecule is c1ccc2[nH]c(-c3cnc4[nH]cc(-c5ccnc(NC6CCCC6)n5)c4c3)cc2c1. The average Bonchev–Trinajstić information content (AvgIpc) is 3.52. The van der Waals surface area contributed by atoms with Gasteiger partial charge in [-0.1, -0.05) is 31.0 Å². The molecule has 5 aromatic rings. The van der Waals surface area contributed by atoms with Gasteiger partial charge in [0.05, 0.1) is 5.69 Å². The van der Waals surface area contributed by atoms with Crippen LogP contribution < -0.4 is 5.32 Å². The first-order chi connectivity index (χ1) is 14.8. The van der Waals surface area contributed by atoms with Gasteiger partial charge in [-0.15, -0.1) is 0 Å². The Kier molecular flexibility index (Phi) is 4.01. The summed E-state index contributed by atoms with van der Waals surface area (Å²) in [5.74, 6) is 0.702. The summed E-state index contributed by atoms with van der Waals surface area (Å²) < 4.78 is 0. The maximum absolute atomic E-state index is 4.79. The molecule has 6 nitrogen and oxygen atoms in total. The summed E-state index contributed by atoms with van der Waals surface area (Å²) in [5, 5.41) is 5.74. The highest BCUT2D eigenvalue weighted by Crippen LogP contribution is 2.31. The second kappa shape index (κ2) is 6.99. The Bertz CT molecular complexity index is 1310. The lowest BCUT2D eigenvalue weighted by Crippen LogP contribution is -2.16. The van der Waals surface area contributed by atoms with Crippen molar-refractivity contribution in [3.05, 3.63) is 61.1 Å². The minimum Gasteiger partial charge on any atom is -0.354 e. The van der Waals surface area contributed by atoms with Crippen LogP contribution in [0.2, 0.25) is 0 Å². The van der Waals surface area contributed by atoms with E-state index in [0.717, 1.165) is 39.1 Å².